The molecule has 1 aromatic heterocycles. The molecule has 0 bridgehead atoms. The van der Waals surface area contributed by atoms with Crippen molar-refractivity contribution in [2.24, 2.45) is 5.92 Å². The van der Waals surface area contributed by atoms with Crippen LogP contribution in [0, 0.1) is 5.92 Å². The number of benzene rings is 2. The molecule has 0 spiro atoms. The average molecular weight is 487 g/mol. The minimum absolute atomic E-state index is 0. The molecule has 178 valence electrons. The van der Waals surface area contributed by atoms with E-state index in [0.717, 1.165) is 62.7 Å². The SMILES string of the molecule is Cl.O=C(Cc1cccc2ccccc12)N1CCC(CNCCCCNCc2nccs2)CC1. The number of thiazole rings is 1. The number of nitrogens with zero attached hydrogens (tertiary/aromatic N) is 2. The smallest absolute Gasteiger partial charge is 0.227 e. The number of carbonyl (C=O) groups is 1. The lowest BCUT2D eigenvalue weighted by atomic mass is 9.95. The molecule has 5 nitrogen and oxygen atoms in total. The molecule has 1 aliphatic rings. The van der Waals surface area contributed by atoms with Crippen LogP contribution in [0.25, 0.3) is 10.8 Å². The molecule has 3 aromatic rings. The van der Waals surface area contributed by atoms with Gasteiger partial charge in [-0.15, -0.1) is 23.7 Å². The Morgan fingerprint density at radius 1 is 1.03 bits per heavy atom. The fraction of sp³-hybridized carbons (Fsp3) is 0.462. The zero-order valence-electron chi connectivity index (χ0n) is 19.2. The number of rotatable bonds is 11. The predicted molar refractivity (Wildman–Crippen MR) is 140 cm³/mol. The summed E-state index contributed by atoms with van der Waals surface area (Å²) in [5, 5.41) is 12.7. The number of piperidine rings is 1. The van der Waals surface area contributed by atoms with Crippen molar-refractivity contribution >= 4 is 40.4 Å². The summed E-state index contributed by atoms with van der Waals surface area (Å²) in [6.45, 7) is 5.83. The van der Waals surface area contributed by atoms with E-state index in [1.807, 2.05) is 23.7 Å². The molecule has 0 radical (unpaired) electrons. The third-order valence-electron chi connectivity index (χ3n) is 6.34. The van der Waals surface area contributed by atoms with E-state index < -0.39 is 0 Å². The second-order valence-electron chi connectivity index (χ2n) is 8.65. The van der Waals surface area contributed by atoms with Crippen molar-refractivity contribution in [1.29, 1.82) is 0 Å². The lowest BCUT2D eigenvalue weighted by Crippen LogP contribution is -2.41. The fourth-order valence-electron chi connectivity index (χ4n) is 4.45. The van der Waals surface area contributed by atoms with Gasteiger partial charge in [0.1, 0.15) is 5.01 Å². The first-order valence-corrected chi connectivity index (χ1v) is 12.7. The van der Waals surface area contributed by atoms with Crippen molar-refractivity contribution in [3.63, 3.8) is 0 Å². The van der Waals surface area contributed by atoms with Crippen LogP contribution in [-0.4, -0.2) is 48.5 Å². The van der Waals surface area contributed by atoms with Crippen LogP contribution in [0.1, 0.15) is 36.3 Å². The summed E-state index contributed by atoms with van der Waals surface area (Å²) in [6, 6.07) is 14.6. The van der Waals surface area contributed by atoms with Gasteiger partial charge in [-0.25, -0.2) is 4.98 Å². The minimum atomic E-state index is 0. The third-order valence-corrected chi connectivity index (χ3v) is 7.12. The van der Waals surface area contributed by atoms with Crippen LogP contribution >= 0.6 is 23.7 Å². The summed E-state index contributed by atoms with van der Waals surface area (Å²) in [4.78, 5) is 19.2. The standard InChI is InChI=1S/C26H34N4OS.ClH/c31-26(18-23-8-5-7-22-6-1-2-9-24(22)23)30-15-10-21(11-16-30)19-27-12-3-4-13-28-20-25-29-14-17-32-25;/h1-2,5-9,14,17,21,27-28H,3-4,10-13,15-16,18-20H2;1H. The molecular weight excluding hydrogens is 452 g/mol. The molecular formula is C26H35ClN4OS. The number of carbonyl (C=O) groups excluding carboxylic acids is 1. The average Bonchev–Trinajstić information content (AvgIpc) is 3.35. The van der Waals surface area contributed by atoms with Gasteiger partial charge in [0.25, 0.3) is 0 Å². The van der Waals surface area contributed by atoms with E-state index in [4.69, 9.17) is 0 Å². The van der Waals surface area contributed by atoms with Gasteiger partial charge in [-0.1, -0.05) is 42.5 Å². The van der Waals surface area contributed by atoms with Gasteiger partial charge < -0.3 is 15.5 Å². The number of hydrogen-bond donors (Lipinski definition) is 2. The van der Waals surface area contributed by atoms with E-state index in [1.165, 1.54) is 23.6 Å². The molecule has 1 fully saturated rings. The van der Waals surface area contributed by atoms with Gasteiger partial charge in [0.15, 0.2) is 0 Å². The fourth-order valence-corrected chi connectivity index (χ4v) is 5.04. The summed E-state index contributed by atoms with van der Waals surface area (Å²) < 4.78 is 0. The minimum Gasteiger partial charge on any atom is -0.342 e. The van der Waals surface area contributed by atoms with Gasteiger partial charge >= 0.3 is 0 Å². The zero-order valence-corrected chi connectivity index (χ0v) is 20.8. The molecule has 7 heteroatoms. The maximum absolute atomic E-state index is 12.9. The van der Waals surface area contributed by atoms with Crippen LogP contribution in [0.15, 0.2) is 54.0 Å². The Morgan fingerprint density at radius 3 is 2.58 bits per heavy atom. The van der Waals surface area contributed by atoms with Gasteiger partial charge in [0.05, 0.1) is 6.42 Å². The molecule has 0 aliphatic carbocycles. The topological polar surface area (TPSA) is 57.3 Å². The molecule has 1 aliphatic heterocycles. The van der Waals surface area contributed by atoms with Crippen molar-refractivity contribution in [3.8, 4) is 0 Å². The molecule has 1 saturated heterocycles. The molecule has 2 heterocycles. The number of unbranched alkanes of at least 4 members (excludes halogenated alkanes) is 1. The van der Waals surface area contributed by atoms with E-state index in [9.17, 15) is 4.79 Å². The number of aromatic nitrogens is 1. The summed E-state index contributed by atoms with van der Waals surface area (Å²) in [5.74, 6) is 0.942. The van der Waals surface area contributed by atoms with E-state index in [2.05, 4.69) is 50.8 Å². The lowest BCUT2D eigenvalue weighted by molar-refractivity contribution is -0.131. The molecule has 33 heavy (non-hydrogen) atoms. The molecule has 0 atom stereocenters. The van der Waals surface area contributed by atoms with Crippen molar-refractivity contribution in [3.05, 3.63) is 64.6 Å². The summed E-state index contributed by atoms with van der Waals surface area (Å²) in [7, 11) is 0. The number of nitrogens with one attached hydrogen (secondary N) is 2. The van der Waals surface area contributed by atoms with E-state index >= 15 is 0 Å². The van der Waals surface area contributed by atoms with Crippen LogP contribution in [0.4, 0.5) is 0 Å². The highest BCUT2D eigenvalue weighted by molar-refractivity contribution is 7.09. The first kappa shape index (κ1) is 25.6. The Balaban J connectivity index is 0.00000306. The molecule has 1 amide bonds. The quantitative estimate of drug-likeness (QED) is 0.387. The van der Waals surface area contributed by atoms with Crippen LogP contribution in [0.2, 0.25) is 0 Å². The summed E-state index contributed by atoms with van der Waals surface area (Å²) >= 11 is 1.70. The molecule has 4 rings (SSSR count). The van der Waals surface area contributed by atoms with Crippen molar-refractivity contribution in [2.75, 3.05) is 32.7 Å². The Labute approximate surface area is 207 Å². The zero-order chi connectivity index (χ0) is 22.0. The van der Waals surface area contributed by atoms with E-state index in [-0.39, 0.29) is 18.3 Å². The summed E-state index contributed by atoms with van der Waals surface area (Å²) in [6.07, 6.45) is 6.93. The van der Waals surface area contributed by atoms with Gasteiger partial charge in [-0.2, -0.15) is 0 Å². The summed E-state index contributed by atoms with van der Waals surface area (Å²) in [5.41, 5.74) is 1.14. The Bertz CT molecular complexity index is 968. The van der Waals surface area contributed by atoms with Crippen LogP contribution in [0.5, 0.6) is 0 Å². The third kappa shape index (κ3) is 7.78. The number of likely N-dealkylation sites (tertiary alicyclic amines) is 1. The van der Waals surface area contributed by atoms with Gasteiger partial charge in [-0.05, 0) is 67.6 Å². The Kier molecular flexibility index (Phi) is 10.6. The second-order valence-corrected chi connectivity index (χ2v) is 9.63. The molecule has 2 N–H and O–H groups in total. The predicted octanol–water partition coefficient (Wildman–Crippen LogP) is 4.66. The highest BCUT2D eigenvalue weighted by atomic mass is 35.5. The maximum atomic E-state index is 12.9. The van der Waals surface area contributed by atoms with Gasteiger partial charge in [-0.3, -0.25) is 4.79 Å². The van der Waals surface area contributed by atoms with Gasteiger partial charge in [0.2, 0.25) is 5.91 Å². The number of halogens is 1. The first-order chi connectivity index (χ1) is 15.8. The number of amides is 1. The Hall–Kier alpha value is -1.99. The van der Waals surface area contributed by atoms with Gasteiger partial charge in [0, 0.05) is 31.2 Å². The first-order valence-electron chi connectivity index (χ1n) is 11.8. The van der Waals surface area contributed by atoms with E-state index in [0.29, 0.717) is 12.3 Å². The van der Waals surface area contributed by atoms with Crippen LogP contribution in [0.3, 0.4) is 0 Å². The molecule has 0 unspecified atom stereocenters. The monoisotopic (exact) mass is 486 g/mol. The maximum Gasteiger partial charge on any atom is 0.227 e. The van der Waals surface area contributed by atoms with Crippen molar-refractivity contribution in [2.45, 2.75) is 38.6 Å². The lowest BCUT2D eigenvalue weighted by Gasteiger charge is -2.32. The highest BCUT2D eigenvalue weighted by Gasteiger charge is 2.22. The number of fused-ring (bicyclic) bond motifs is 1. The number of hydrogen-bond acceptors (Lipinski definition) is 5. The molecule has 2 aromatic carbocycles. The Morgan fingerprint density at radius 2 is 1.79 bits per heavy atom. The van der Waals surface area contributed by atoms with E-state index in [1.54, 1.807) is 11.3 Å². The van der Waals surface area contributed by atoms with Crippen molar-refractivity contribution in [1.82, 2.24) is 20.5 Å². The highest BCUT2D eigenvalue weighted by Crippen LogP contribution is 2.21. The van der Waals surface area contributed by atoms with Crippen molar-refractivity contribution < 1.29 is 4.79 Å². The largest absolute Gasteiger partial charge is 0.342 e. The normalized spacial score (nSPS) is 14.4. The molecule has 0 saturated carbocycles. The second kappa shape index (κ2) is 13.7. The van der Waals surface area contributed by atoms with Crippen LogP contribution < -0.4 is 10.6 Å². The van der Waals surface area contributed by atoms with Crippen LogP contribution in [-0.2, 0) is 17.8 Å².